The van der Waals surface area contributed by atoms with E-state index in [2.05, 4.69) is 19.8 Å². The number of carbonyl (C=O) groups excluding carboxylic acids is 1. The Bertz CT molecular complexity index is 879. The van der Waals surface area contributed by atoms with Crippen LogP contribution in [0.25, 0.3) is 0 Å². The van der Waals surface area contributed by atoms with Gasteiger partial charge in [0.15, 0.2) is 0 Å². The molecule has 0 N–H and O–H groups in total. The monoisotopic (exact) mass is 452 g/mol. The first-order chi connectivity index (χ1) is 14.0. The lowest BCUT2D eigenvalue weighted by Crippen LogP contribution is -2.48. The fraction of sp³-hybridized carbons (Fsp3) is 0.421. The van der Waals surface area contributed by atoms with E-state index in [1.165, 1.54) is 11.9 Å². The topological polar surface area (TPSA) is 55.8 Å². The summed E-state index contributed by atoms with van der Waals surface area (Å²) >= 11 is 13.7. The first-order valence-corrected chi connectivity index (χ1v) is 11.0. The molecule has 29 heavy (non-hydrogen) atoms. The zero-order chi connectivity index (χ0) is 20.4. The predicted molar refractivity (Wildman–Crippen MR) is 118 cm³/mol. The van der Waals surface area contributed by atoms with Crippen LogP contribution in [-0.4, -0.2) is 71.5 Å². The van der Waals surface area contributed by atoms with Gasteiger partial charge in [-0.25, -0.2) is 14.8 Å². The van der Waals surface area contributed by atoms with Gasteiger partial charge in [-0.2, -0.15) is 0 Å². The maximum absolute atomic E-state index is 12.7. The highest BCUT2D eigenvalue weighted by atomic mass is 35.5. The van der Waals surface area contributed by atoms with Crippen LogP contribution in [-0.2, 0) is 0 Å². The van der Waals surface area contributed by atoms with Crippen molar-refractivity contribution in [2.24, 2.45) is 0 Å². The normalized spacial score (nSPS) is 17.6. The van der Waals surface area contributed by atoms with Crippen molar-refractivity contribution in [2.45, 2.75) is 11.3 Å². The number of nitrogens with zero attached hydrogens (tertiary/aromatic N) is 6. The van der Waals surface area contributed by atoms with Crippen LogP contribution in [0.2, 0.25) is 10.0 Å². The molecule has 0 radical (unpaired) electrons. The van der Waals surface area contributed by atoms with E-state index in [1.54, 1.807) is 34.7 Å². The van der Waals surface area contributed by atoms with Crippen LogP contribution in [0.1, 0.15) is 6.42 Å². The molecule has 1 saturated heterocycles. The lowest BCUT2D eigenvalue weighted by Gasteiger charge is -2.36. The van der Waals surface area contributed by atoms with Crippen LogP contribution in [0.15, 0.2) is 35.5 Å². The summed E-state index contributed by atoms with van der Waals surface area (Å²) in [6.45, 7) is 5.39. The van der Waals surface area contributed by atoms with Crippen LogP contribution in [0.4, 0.5) is 16.4 Å². The summed E-state index contributed by atoms with van der Waals surface area (Å²) in [5.74, 6) is 0.794. The van der Waals surface area contributed by atoms with Gasteiger partial charge < -0.3 is 4.90 Å². The second-order valence-electron chi connectivity index (χ2n) is 7.00. The van der Waals surface area contributed by atoms with Gasteiger partial charge >= 0.3 is 6.03 Å². The van der Waals surface area contributed by atoms with E-state index in [4.69, 9.17) is 23.2 Å². The molecule has 2 aliphatic heterocycles. The Hall–Kier alpha value is -1.74. The number of fused-ring (bicyclic) bond motifs is 1. The molecule has 0 atom stereocenters. The van der Waals surface area contributed by atoms with Crippen molar-refractivity contribution in [3.63, 3.8) is 0 Å². The van der Waals surface area contributed by atoms with E-state index in [9.17, 15) is 4.79 Å². The molecule has 7 nitrogen and oxygen atoms in total. The summed E-state index contributed by atoms with van der Waals surface area (Å²) in [4.78, 5) is 28.5. The van der Waals surface area contributed by atoms with Crippen LogP contribution < -0.4 is 9.80 Å². The van der Waals surface area contributed by atoms with Gasteiger partial charge in [-0.15, -0.1) is 0 Å². The van der Waals surface area contributed by atoms with Crippen molar-refractivity contribution < 1.29 is 4.79 Å². The maximum Gasteiger partial charge on any atom is 0.334 e. The Balaban J connectivity index is 1.28. The average Bonchev–Trinajstić information content (AvgIpc) is 2.74. The first-order valence-electron chi connectivity index (χ1n) is 9.49. The molecule has 0 unspecified atom stereocenters. The molecule has 0 spiro atoms. The standard InChI is InChI=1S/C19H22Cl2N6OS/c1-24-16-12-14(20)15(21)13-17(16)29-27(19(24)28)7-3-6-25-8-10-26(11-9-25)18-22-4-2-5-23-18/h2,4-5,12-13H,3,6-11H2,1H3. The van der Waals surface area contributed by atoms with Gasteiger partial charge in [-0.3, -0.25) is 14.1 Å². The van der Waals surface area contributed by atoms with E-state index in [1.807, 2.05) is 12.1 Å². The fourth-order valence-corrected chi connectivity index (χ4v) is 4.99. The zero-order valence-electron chi connectivity index (χ0n) is 16.1. The molecule has 2 aromatic rings. The second-order valence-corrected chi connectivity index (χ2v) is 8.88. The lowest BCUT2D eigenvalue weighted by molar-refractivity contribution is 0.224. The Kier molecular flexibility index (Phi) is 6.34. The van der Waals surface area contributed by atoms with Crippen molar-refractivity contribution in [3.05, 3.63) is 40.6 Å². The molecule has 154 valence electrons. The number of anilines is 2. The number of hydrogen-bond acceptors (Lipinski definition) is 6. The lowest BCUT2D eigenvalue weighted by atomic mass is 10.3. The quantitative estimate of drug-likeness (QED) is 0.641. The second kappa shape index (κ2) is 8.95. The summed E-state index contributed by atoms with van der Waals surface area (Å²) < 4.78 is 1.79. The van der Waals surface area contributed by atoms with Crippen molar-refractivity contribution in [3.8, 4) is 0 Å². The number of benzene rings is 1. The number of carbonyl (C=O) groups is 1. The van der Waals surface area contributed by atoms with Gasteiger partial charge in [0.2, 0.25) is 5.95 Å². The molecule has 0 aliphatic carbocycles. The Morgan fingerprint density at radius 1 is 1.03 bits per heavy atom. The van der Waals surface area contributed by atoms with Gasteiger partial charge in [0.25, 0.3) is 0 Å². The molecule has 3 heterocycles. The molecule has 0 bridgehead atoms. The average molecular weight is 453 g/mol. The third kappa shape index (κ3) is 4.55. The van der Waals surface area contributed by atoms with Gasteiger partial charge in [-0.1, -0.05) is 23.2 Å². The van der Waals surface area contributed by atoms with Gasteiger partial charge in [0.05, 0.1) is 20.6 Å². The number of rotatable bonds is 5. The van der Waals surface area contributed by atoms with Crippen LogP contribution in [0.3, 0.4) is 0 Å². The predicted octanol–water partition coefficient (Wildman–Crippen LogP) is 3.87. The number of aromatic nitrogens is 2. The smallest absolute Gasteiger partial charge is 0.334 e. The number of piperazine rings is 1. The number of halogens is 2. The molecule has 1 aromatic carbocycles. The van der Waals surface area contributed by atoms with Crippen molar-refractivity contribution in [1.29, 1.82) is 0 Å². The van der Waals surface area contributed by atoms with Crippen LogP contribution in [0.5, 0.6) is 0 Å². The SMILES string of the molecule is CN1C(=O)N(CCCN2CCN(c3ncccn3)CC2)Sc2cc(Cl)c(Cl)cc21. The van der Waals surface area contributed by atoms with Crippen LogP contribution >= 0.6 is 35.1 Å². The fourth-order valence-electron chi connectivity index (χ4n) is 3.49. The van der Waals surface area contributed by atoms with Gasteiger partial charge in [0.1, 0.15) is 0 Å². The van der Waals surface area contributed by atoms with E-state index in [-0.39, 0.29) is 6.03 Å². The summed E-state index contributed by atoms with van der Waals surface area (Å²) in [5.41, 5.74) is 0.796. The summed E-state index contributed by atoms with van der Waals surface area (Å²) in [5, 5.41) is 0.958. The molecule has 10 heteroatoms. The van der Waals surface area contributed by atoms with E-state index >= 15 is 0 Å². The highest BCUT2D eigenvalue weighted by Crippen LogP contribution is 2.42. The maximum atomic E-state index is 12.7. The molecular weight excluding hydrogens is 431 g/mol. The van der Waals surface area contributed by atoms with Crippen molar-refractivity contribution in [1.82, 2.24) is 19.2 Å². The molecule has 1 aromatic heterocycles. The number of hydrogen-bond donors (Lipinski definition) is 0. The highest BCUT2D eigenvalue weighted by molar-refractivity contribution is 7.97. The van der Waals surface area contributed by atoms with Crippen LogP contribution in [0, 0.1) is 0 Å². The molecular formula is C19H22Cl2N6OS. The zero-order valence-corrected chi connectivity index (χ0v) is 18.4. The number of amides is 2. The molecule has 2 aliphatic rings. The van der Waals surface area contributed by atoms with E-state index < -0.39 is 0 Å². The molecule has 0 saturated carbocycles. The van der Waals surface area contributed by atoms with Crippen molar-refractivity contribution in [2.75, 3.05) is 56.1 Å². The van der Waals surface area contributed by atoms with E-state index in [0.717, 1.165) is 55.7 Å². The number of urea groups is 1. The van der Waals surface area contributed by atoms with Gasteiger partial charge in [-0.05, 0) is 36.6 Å². The third-order valence-electron chi connectivity index (χ3n) is 5.11. The summed E-state index contributed by atoms with van der Waals surface area (Å²) in [6.07, 6.45) is 4.46. The first kappa shape index (κ1) is 20.5. The summed E-state index contributed by atoms with van der Waals surface area (Å²) in [7, 11) is 1.77. The third-order valence-corrected chi connectivity index (χ3v) is 6.92. The highest BCUT2D eigenvalue weighted by Gasteiger charge is 2.29. The summed E-state index contributed by atoms with van der Waals surface area (Å²) in [6, 6.07) is 5.37. The minimum Gasteiger partial charge on any atom is -0.338 e. The van der Waals surface area contributed by atoms with Gasteiger partial charge in [0, 0.05) is 58.7 Å². The molecule has 2 amide bonds. The van der Waals surface area contributed by atoms with Crippen molar-refractivity contribution >= 4 is 52.8 Å². The Morgan fingerprint density at radius 3 is 2.45 bits per heavy atom. The largest absolute Gasteiger partial charge is 0.338 e. The molecule has 1 fully saturated rings. The Morgan fingerprint density at radius 2 is 1.72 bits per heavy atom. The molecule has 4 rings (SSSR count). The minimum atomic E-state index is -0.0352. The van der Waals surface area contributed by atoms with E-state index in [0.29, 0.717) is 16.6 Å². The Labute approximate surface area is 184 Å². The minimum absolute atomic E-state index is 0.0352.